The highest BCUT2D eigenvalue weighted by atomic mass is 19.2. The molecule has 0 unspecified atom stereocenters. The van der Waals surface area contributed by atoms with Gasteiger partial charge in [0, 0.05) is 23.5 Å². The molecule has 5 heteroatoms. The first-order valence-electron chi connectivity index (χ1n) is 11.5. The Balaban J connectivity index is 1.84. The van der Waals surface area contributed by atoms with Gasteiger partial charge in [-0.05, 0) is 54.2 Å². The lowest BCUT2D eigenvalue weighted by Gasteiger charge is -2.14. The van der Waals surface area contributed by atoms with E-state index in [-0.39, 0.29) is 0 Å². The van der Waals surface area contributed by atoms with Crippen LogP contribution in [0, 0.1) is 18.6 Å². The number of nitrogens with zero attached hydrogens (tertiary/aromatic N) is 1. The molecule has 4 aromatic rings. The zero-order valence-corrected chi connectivity index (χ0v) is 19.4. The zero-order chi connectivity index (χ0) is 24.2. The van der Waals surface area contributed by atoms with Crippen LogP contribution < -0.4 is 5.73 Å². The highest BCUT2D eigenvalue weighted by Gasteiger charge is 2.25. The fourth-order valence-corrected chi connectivity index (χ4v) is 4.51. The standard InChI is InChI=1S/C29H28F2N2O/c1-3-4-10-26-28(23-14-12-22(13-15-23)21-8-6-5-7-9-21)27(29(32)34)19(2)33(26)18-20-11-16-24(30)25(31)17-20/h5-9,11-17H,3-4,10,18H2,1-2H3,(H2,32,34). The molecule has 0 aliphatic carbocycles. The number of nitrogens with two attached hydrogens (primary N) is 1. The first kappa shape index (κ1) is 23.4. The molecular weight excluding hydrogens is 430 g/mol. The third kappa shape index (κ3) is 4.65. The van der Waals surface area contributed by atoms with Crippen molar-refractivity contribution >= 4 is 5.91 Å². The summed E-state index contributed by atoms with van der Waals surface area (Å²) in [5, 5.41) is 0. The molecule has 3 aromatic carbocycles. The van der Waals surface area contributed by atoms with Crippen molar-refractivity contribution in [2.45, 2.75) is 39.7 Å². The van der Waals surface area contributed by atoms with Crippen LogP contribution in [0.2, 0.25) is 0 Å². The predicted molar refractivity (Wildman–Crippen MR) is 133 cm³/mol. The first-order valence-corrected chi connectivity index (χ1v) is 11.5. The summed E-state index contributed by atoms with van der Waals surface area (Å²) in [7, 11) is 0. The minimum Gasteiger partial charge on any atom is -0.366 e. The van der Waals surface area contributed by atoms with E-state index in [1.165, 1.54) is 6.07 Å². The fourth-order valence-electron chi connectivity index (χ4n) is 4.51. The number of amides is 1. The maximum absolute atomic E-state index is 13.9. The number of benzene rings is 3. The minimum absolute atomic E-state index is 0.324. The van der Waals surface area contributed by atoms with Crippen molar-refractivity contribution in [3.05, 3.63) is 107 Å². The van der Waals surface area contributed by atoms with Crippen molar-refractivity contribution in [1.29, 1.82) is 0 Å². The van der Waals surface area contributed by atoms with Gasteiger partial charge in [0.1, 0.15) is 0 Å². The summed E-state index contributed by atoms with van der Waals surface area (Å²) in [6, 6.07) is 22.1. The lowest BCUT2D eigenvalue weighted by atomic mass is 9.95. The van der Waals surface area contributed by atoms with Crippen molar-refractivity contribution in [3.63, 3.8) is 0 Å². The SMILES string of the molecule is CCCCc1c(-c2ccc(-c3ccccc3)cc2)c(C(N)=O)c(C)n1Cc1ccc(F)c(F)c1. The van der Waals surface area contributed by atoms with Crippen LogP contribution in [0.5, 0.6) is 0 Å². The summed E-state index contributed by atoms with van der Waals surface area (Å²) in [5.41, 5.74) is 12.6. The lowest BCUT2D eigenvalue weighted by Crippen LogP contribution is -2.13. The number of halogens is 2. The Hall–Kier alpha value is -3.73. The number of hydrogen-bond donors (Lipinski definition) is 1. The average molecular weight is 459 g/mol. The van der Waals surface area contributed by atoms with Crippen molar-refractivity contribution < 1.29 is 13.6 Å². The van der Waals surface area contributed by atoms with Crippen LogP contribution in [0.3, 0.4) is 0 Å². The van der Waals surface area contributed by atoms with Crippen LogP contribution >= 0.6 is 0 Å². The average Bonchev–Trinajstić information content (AvgIpc) is 3.12. The zero-order valence-electron chi connectivity index (χ0n) is 19.4. The van der Waals surface area contributed by atoms with Gasteiger partial charge < -0.3 is 10.3 Å². The number of primary amides is 1. The van der Waals surface area contributed by atoms with Gasteiger partial charge in [-0.15, -0.1) is 0 Å². The molecule has 0 fully saturated rings. The fraction of sp³-hybridized carbons (Fsp3) is 0.207. The summed E-state index contributed by atoms with van der Waals surface area (Å²) in [6.07, 6.45) is 2.65. The molecular formula is C29H28F2N2O. The summed E-state index contributed by atoms with van der Waals surface area (Å²) in [5.74, 6) is -2.26. The van der Waals surface area contributed by atoms with Crippen LogP contribution in [0.1, 0.15) is 47.1 Å². The van der Waals surface area contributed by atoms with Crippen LogP contribution in [-0.2, 0) is 13.0 Å². The largest absolute Gasteiger partial charge is 0.366 e. The molecule has 0 radical (unpaired) electrons. The van der Waals surface area contributed by atoms with Crippen LogP contribution in [0.15, 0.2) is 72.8 Å². The van der Waals surface area contributed by atoms with Crippen LogP contribution in [0.25, 0.3) is 22.3 Å². The molecule has 0 saturated heterocycles. The van der Waals surface area contributed by atoms with Gasteiger partial charge in [0.05, 0.1) is 5.56 Å². The molecule has 174 valence electrons. The van der Waals surface area contributed by atoms with E-state index in [0.717, 1.165) is 59.0 Å². The van der Waals surface area contributed by atoms with E-state index in [0.29, 0.717) is 17.7 Å². The second kappa shape index (κ2) is 10.0. The number of unbranched alkanes of at least 4 members (excludes halogenated alkanes) is 1. The molecule has 34 heavy (non-hydrogen) atoms. The molecule has 1 aromatic heterocycles. The molecule has 0 bridgehead atoms. The van der Waals surface area contributed by atoms with Gasteiger partial charge in [-0.1, -0.05) is 74.0 Å². The smallest absolute Gasteiger partial charge is 0.251 e. The molecule has 0 aliphatic rings. The van der Waals surface area contributed by atoms with Gasteiger partial charge in [0.2, 0.25) is 0 Å². The molecule has 1 heterocycles. The summed E-state index contributed by atoms with van der Waals surface area (Å²) < 4.78 is 29.4. The number of hydrogen-bond acceptors (Lipinski definition) is 1. The Kier molecular flexibility index (Phi) is 6.92. The topological polar surface area (TPSA) is 48.0 Å². The Morgan fingerprint density at radius 3 is 2.15 bits per heavy atom. The van der Waals surface area contributed by atoms with E-state index in [9.17, 15) is 13.6 Å². The molecule has 0 saturated carbocycles. The second-order valence-electron chi connectivity index (χ2n) is 8.53. The minimum atomic E-state index is -0.885. The molecule has 0 aliphatic heterocycles. The van der Waals surface area contributed by atoms with Crippen molar-refractivity contribution in [2.24, 2.45) is 5.73 Å². The van der Waals surface area contributed by atoms with E-state index >= 15 is 0 Å². The van der Waals surface area contributed by atoms with Crippen molar-refractivity contribution in [1.82, 2.24) is 4.57 Å². The summed E-state index contributed by atoms with van der Waals surface area (Å²) >= 11 is 0. The van der Waals surface area contributed by atoms with E-state index in [4.69, 9.17) is 5.73 Å². The quantitative estimate of drug-likeness (QED) is 0.307. The Morgan fingerprint density at radius 1 is 0.882 bits per heavy atom. The number of rotatable bonds is 8. The van der Waals surface area contributed by atoms with E-state index < -0.39 is 17.5 Å². The van der Waals surface area contributed by atoms with Gasteiger partial charge in [-0.3, -0.25) is 4.79 Å². The Morgan fingerprint density at radius 2 is 1.53 bits per heavy atom. The first-order chi connectivity index (χ1) is 16.4. The third-order valence-electron chi connectivity index (χ3n) is 6.25. The highest BCUT2D eigenvalue weighted by Crippen LogP contribution is 2.35. The van der Waals surface area contributed by atoms with Crippen molar-refractivity contribution in [2.75, 3.05) is 0 Å². The van der Waals surface area contributed by atoms with Crippen LogP contribution in [-0.4, -0.2) is 10.5 Å². The number of carbonyl (C=O) groups excluding carboxylic acids is 1. The Bertz CT molecular complexity index is 1310. The van der Waals surface area contributed by atoms with Gasteiger partial charge in [-0.25, -0.2) is 8.78 Å². The Labute approximate surface area is 198 Å². The lowest BCUT2D eigenvalue weighted by molar-refractivity contribution is 0.1000. The van der Waals surface area contributed by atoms with E-state index in [1.807, 2.05) is 54.0 Å². The predicted octanol–water partition coefficient (Wildman–Crippen LogP) is 6.90. The number of carbonyl (C=O) groups is 1. The molecule has 0 spiro atoms. The third-order valence-corrected chi connectivity index (χ3v) is 6.25. The van der Waals surface area contributed by atoms with E-state index in [2.05, 4.69) is 19.1 Å². The van der Waals surface area contributed by atoms with Gasteiger partial charge in [0.25, 0.3) is 5.91 Å². The summed E-state index contributed by atoms with van der Waals surface area (Å²) in [6.45, 7) is 4.29. The molecule has 3 nitrogen and oxygen atoms in total. The maximum atomic E-state index is 13.9. The summed E-state index contributed by atoms with van der Waals surface area (Å²) in [4.78, 5) is 12.6. The number of aromatic nitrogens is 1. The van der Waals surface area contributed by atoms with Crippen molar-refractivity contribution in [3.8, 4) is 22.3 Å². The van der Waals surface area contributed by atoms with Gasteiger partial charge >= 0.3 is 0 Å². The maximum Gasteiger partial charge on any atom is 0.251 e. The van der Waals surface area contributed by atoms with Gasteiger partial charge in [-0.2, -0.15) is 0 Å². The highest BCUT2D eigenvalue weighted by molar-refractivity contribution is 6.02. The molecule has 1 amide bonds. The molecule has 4 rings (SSSR count). The van der Waals surface area contributed by atoms with E-state index in [1.54, 1.807) is 6.07 Å². The second-order valence-corrected chi connectivity index (χ2v) is 8.53. The molecule has 2 N–H and O–H groups in total. The van der Waals surface area contributed by atoms with Gasteiger partial charge in [0.15, 0.2) is 11.6 Å². The molecule has 0 atom stereocenters. The van der Waals surface area contributed by atoms with Crippen LogP contribution in [0.4, 0.5) is 8.78 Å². The monoisotopic (exact) mass is 458 g/mol. The normalized spacial score (nSPS) is 11.1.